The fraction of sp³-hybridized carbons (Fsp3) is 0.343. The van der Waals surface area contributed by atoms with Crippen LogP contribution in [-0.2, 0) is 9.53 Å². The molecule has 11 heteroatoms. The van der Waals surface area contributed by atoms with Crippen molar-refractivity contribution in [2.75, 3.05) is 46.5 Å². The average molecular weight is 620 g/mol. The molecule has 1 amide bonds. The molecule has 0 unspecified atom stereocenters. The van der Waals surface area contributed by atoms with Gasteiger partial charge < -0.3 is 25.1 Å². The summed E-state index contributed by atoms with van der Waals surface area (Å²) in [5.74, 6) is 0.272. The lowest BCUT2D eigenvalue weighted by molar-refractivity contribution is -0.111. The standard InChI is InChI=1S/C35H37N7O4/c1-20(36)30(21(2)43)26-18-28-25(19-29(26)45-3)31-32(24-8-11-37-27-7-5-4-6-23(24)27)39-34(40-33(31)38-28)35(44)42-12-9-22(10-13-42)41-14-16-46-17-15-41/h4-8,11,18-19,22H,9-10,12-17,36H2,1-3H3,(H,38,39,40). The number of allylic oxidation sites excluding steroid dienone is 2. The van der Waals surface area contributed by atoms with Crippen molar-refractivity contribution in [1.82, 2.24) is 29.7 Å². The number of morpholine rings is 1. The maximum atomic E-state index is 14.0. The molecule has 46 heavy (non-hydrogen) atoms. The number of ether oxygens (including phenoxy) is 2. The first kappa shape index (κ1) is 29.8. The second-order valence-corrected chi connectivity index (χ2v) is 12.0. The normalized spacial score (nSPS) is 17.1. The number of para-hydroxylation sites is 1. The second-order valence-electron chi connectivity index (χ2n) is 12.0. The number of ketones is 1. The SMILES string of the molecule is COc1cc2c(cc1C(C(C)=O)=C(C)N)[nH]c1nc(C(=O)N3CCC(N4CCOCC4)CC3)nc(-c3ccnc4ccccc34)c12. The minimum Gasteiger partial charge on any atom is -0.496 e. The van der Waals surface area contributed by atoms with Gasteiger partial charge >= 0.3 is 0 Å². The minimum atomic E-state index is -0.195. The highest BCUT2D eigenvalue weighted by Crippen LogP contribution is 2.40. The molecule has 0 spiro atoms. The van der Waals surface area contributed by atoms with E-state index < -0.39 is 0 Å². The van der Waals surface area contributed by atoms with Crippen LogP contribution in [0.5, 0.6) is 5.75 Å². The summed E-state index contributed by atoms with van der Waals surface area (Å²) >= 11 is 0. The fourth-order valence-electron chi connectivity index (χ4n) is 6.98. The summed E-state index contributed by atoms with van der Waals surface area (Å²) in [4.78, 5) is 48.8. The molecule has 0 saturated carbocycles. The molecule has 3 N–H and O–H groups in total. The molecule has 0 bridgehead atoms. The van der Waals surface area contributed by atoms with Gasteiger partial charge in [-0.3, -0.25) is 19.5 Å². The number of likely N-dealkylation sites (tertiary alicyclic amines) is 1. The Hall–Kier alpha value is -4.87. The van der Waals surface area contributed by atoms with Crippen LogP contribution in [0.3, 0.4) is 0 Å². The molecule has 2 aliphatic rings. The van der Waals surface area contributed by atoms with Gasteiger partial charge in [0.1, 0.15) is 11.4 Å². The largest absolute Gasteiger partial charge is 0.496 e. The quantitative estimate of drug-likeness (QED) is 0.262. The molecule has 7 rings (SSSR count). The Bertz CT molecular complexity index is 2010. The number of methoxy groups -OCH3 is 1. The van der Waals surface area contributed by atoms with Crippen molar-refractivity contribution in [1.29, 1.82) is 0 Å². The van der Waals surface area contributed by atoms with Gasteiger partial charge in [-0.25, -0.2) is 9.97 Å². The van der Waals surface area contributed by atoms with Crippen LogP contribution >= 0.6 is 0 Å². The number of aromatic amines is 1. The monoisotopic (exact) mass is 619 g/mol. The average Bonchev–Trinajstić information content (AvgIpc) is 3.44. The number of benzene rings is 2. The number of carbonyl (C=O) groups excluding carboxylic acids is 2. The summed E-state index contributed by atoms with van der Waals surface area (Å²) < 4.78 is 11.3. The van der Waals surface area contributed by atoms with E-state index in [-0.39, 0.29) is 17.5 Å². The predicted molar refractivity (Wildman–Crippen MR) is 177 cm³/mol. The van der Waals surface area contributed by atoms with Crippen LogP contribution in [0.4, 0.5) is 0 Å². The number of rotatable bonds is 6. The van der Waals surface area contributed by atoms with Gasteiger partial charge in [-0.2, -0.15) is 0 Å². The first-order chi connectivity index (χ1) is 22.3. The third-order valence-corrected chi connectivity index (χ3v) is 9.20. The fourth-order valence-corrected chi connectivity index (χ4v) is 6.98. The van der Waals surface area contributed by atoms with Crippen LogP contribution in [0, 0.1) is 0 Å². The first-order valence-corrected chi connectivity index (χ1v) is 15.7. The van der Waals surface area contributed by atoms with E-state index in [4.69, 9.17) is 25.2 Å². The summed E-state index contributed by atoms with van der Waals surface area (Å²) in [6.45, 7) is 7.85. The van der Waals surface area contributed by atoms with E-state index in [2.05, 4.69) is 14.9 Å². The lowest BCUT2D eigenvalue weighted by Crippen LogP contribution is -2.50. The maximum Gasteiger partial charge on any atom is 0.291 e. The van der Waals surface area contributed by atoms with Crippen molar-refractivity contribution < 1.29 is 19.1 Å². The highest BCUT2D eigenvalue weighted by molar-refractivity contribution is 6.23. The number of H-pyrrole nitrogens is 1. The summed E-state index contributed by atoms with van der Waals surface area (Å²) in [5.41, 5.74) is 11.0. The van der Waals surface area contributed by atoms with E-state index in [0.717, 1.165) is 71.9 Å². The first-order valence-electron chi connectivity index (χ1n) is 15.7. The number of fused-ring (bicyclic) bond motifs is 4. The Morgan fingerprint density at radius 3 is 2.48 bits per heavy atom. The van der Waals surface area contributed by atoms with Crippen molar-refractivity contribution >= 4 is 50.1 Å². The van der Waals surface area contributed by atoms with E-state index >= 15 is 0 Å². The summed E-state index contributed by atoms with van der Waals surface area (Å²) in [7, 11) is 1.57. The Morgan fingerprint density at radius 1 is 1.00 bits per heavy atom. The van der Waals surface area contributed by atoms with Crippen molar-refractivity contribution in [2.45, 2.75) is 32.7 Å². The van der Waals surface area contributed by atoms with Gasteiger partial charge in [-0.1, -0.05) is 18.2 Å². The van der Waals surface area contributed by atoms with Gasteiger partial charge in [0, 0.05) is 77.1 Å². The molecule has 236 valence electrons. The van der Waals surface area contributed by atoms with Crippen molar-refractivity contribution in [3.05, 3.63) is 65.7 Å². The number of pyridine rings is 1. The number of hydrogen-bond acceptors (Lipinski definition) is 9. The molecule has 3 aromatic heterocycles. The maximum absolute atomic E-state index is 14.0. The van der Waals surface area contributed by atoms with Crippen LogP contribution in [-0.4, -0.2) is 94.0 Å². The van der Waals surface area contributed by atoms with Crippen molar-refractivity contribution in [2.24, 2.45) is 5.73 Å². The van der Waals surface area contributed by atoms with Crippen LogP contribution in [0.15, 0.2) is 54.4 Å². The highest BCUT2D eigenvalue weighted by atomic mass is 16.5. The van der Waals surface area contributed by atoms with E-state index in [0.29, 0.717) is 53.1 Å². The van der Waals surface area contributed by atoms with Gasteiger partial charge in [-0.15, -0.1) is 0 Å². The molecule has 0 radical (unpaired) electrons. The molecule has 5 aromatic rings. The second kappa shape index (κ2) is 12.1. The van der Waals surface area contributed by atoms with Gasteiger partial charge in [0.05, 0.1) is 36.9 Å². The number of nitrogens with one attached hydrogen (secondary N) is 1. The highest BCUT2D eigenvalue weighted by Gasteiger charge is 2.30. The van der Waals surface area contributed by atoms with Gasteiger partial charge in [0.2, 0.25) is 5.82 Å². The van der Waals surface area contributed by atoms with Gasteiger partial charge in [-0.05, 0) is 51.0 Å². The molecule has 2 saturated heterocycles. The Labute approximate surface area is 266 Å². The topological polar surface area (TPSA) is 140 Å². The van der Waals surface area contributed by atoms with Crippen molar-refractivity contribution in [3.63, 3.8) is 0 Å². The number of hydrogen-bond donors (Lipinski definition) is 2. The zero-order valence-electron chi connectivity index (χ0n) is 26.3. The molecule has 0 aliphatic carbocycles. The number of nitrogens with two attached hydrogens (primary N) is 1. The molecular weight excluding hydrogens is 582 g/mol. The van der Waals surface area contributed by atoms with Gasteiger partial charge in [0.25, 0.3) is 5.91 Å². The number of piperidine rings is 1. The lowest BCUT2D eigenvalue weighted by Gasteiger charge is -2.39. The molecule has 2 aromatic carbocycles. The van der Waals surface area contributed by atoms with E-state index in [9.17, 15) is 9.59 Å². The zero-order valence-corrected chi connectivity index (χ0v) is 26.3. The molecular formula is C35H37N7O4. The Balaban J connectivity index is 1.37. The van der Waals surface area contributed by atoms with Crippen LogP contribution in [0.25, 0.3) is 49.7 Å². The van der Waals surface area contributed by atoms with Crippen LogP contribution < -0.4 is 10.5 Å². The number of Topliss-reactive ketones (excluding diaryl/α,β-unsaturated/α-hetero) is 1. The lowest BCUT2D eigenvalue weighted by atomic mass is 9.97. The van der Waals surface area contributed by atoms with E-state index in [1.165, 1.54) is 6.92 Å². The number of amides is 1. The Kier molecular flexibility index (Phi) is 7.87. The van der Waals surface area contributed by atoms with Crippen LogP contribution in [0.1, 0.15) is 42.9 Å². The molecule has 2 fully saturated rings. The predicted octanol–water partition coefficient (Wildman–Crippen LogP) is 4.55. The Morgan fingerprint density at radius 2 is 1.76 bits per heavy atom. The van der Waals surface area contributed by atoms with E-state index in [1.807, 2.05) is 47.4 Å². The smallest absolute Gasteiger partial charge is 0.291 e. The van der Waals surface area contributed by atoms with E-state index in [1.54, 1.807) is 20.2 Å². The molecule has 11 nitrogen and oxygen atoms in total. The minimum absolute atomic E-state index is 0.133. The zero-order chi connectivity index (χ0) is 31.9. The third-order valence-electron chi connectivity index (χ3n) is 9.20. The van der Waals surface area contributed by atoms with Gasteiger partial charge in [0.15, 0.2) is 5.78 Å². The summed E-state index contributed by atoms with van der Waals surface area (Å²) in [6.07, 6.45) is 3.56. The third kappa shape index (κ3) is 5.25. The van der Waals surface area contributed by atoms with Crippen LogP contribution in [0.2, 0.25) is 0 Å². The summed E-state index contributed by atoms with van der Waals surface area (Å²) in [5, 5.41) is 2.46. The number of nitrogens with zero attached hydrogens (tertiary/aromatic N) is 5. The number of carbonyl (C=O) groups is 2. The summed E-state index contributed by atoms with van der Waals surface area (Å²) in [6, 6.07) is 14.0. The van der Waals surface area contributed by atoms with Crippen molar-refractivity contribution in [3.8, 4) is 17.0 Å². The molecule has 5 heterocycles. The number of aromatic nitrogens is 4. The molecule has 0 atom stereocenters. The molecule has 2 aliphatic heterocycles.